The van der Waals surface area contributed by atoms with Crippen LogP contribution in [-0.4, -0.2) is 30.9 Å². The van der Waals surface area contributed by atoms with Gasteiger partial charge in [-0.05, 0) is 42.7 Å². The lowest BCUT2D eigenvalue weighted by Gasteiger charge is -2.21. The summed E-state index contributed by atoms with van der Waals surface area (Å²) < 4.78 is 5.13. The van der Waals surface area contributed by atoms with E-state index < -0.39 is 5.60 Å². The normalized spacial score (nSPS) is 20.9. The highest BCUT2D eigenvalue weighted by Gasteiger charge is 2.42. The fourth-order valence-electron chi connectivity index (χ4n) is 2.08. The molecule has 1 N–H and O–H groups in total. The Balaban J connectivity index is 2.02. The fraction of sp³-hybridized carbons (Fsp3) is 0.500. The van der Waals surface area contributed by atoms with Crippen molar-refractivity contribution in [2.45, 2.75) is 32.8 Å². The van der Waals surface area contributed by atoms with Gasteiger partial charge in [-0.15, -0.1) is 0 Å². The predicted octanol–water partition coefficient (Wildman–Crippen LogP) is 2.35. The summed E-state index contributed by atoms with van der Waals surface area (Å²) in [5, 5.41) is 6.98. The molecule has 1 aromatic carbocycles. The van der Waals surface area contributed by atoms with Crippen LogP contribution in [0.3, 0.4) is 0 Å². The molecule has 2 rings (SSSR count). The lowest BCUT2D eigenvalue weighted by Crippen LogP contribution is -2.45. The van der Waals surface area contributed by atoms with E-state index in [1.807, 2.05) is 24.3 Å². The molecule has 1 aliphatic heterocycles. The SMILES string of the molecule is COc1ccc(C2=NO[C@@](C)(C(=O)NCC(C)C)C2)cc1. The first kappa shape index (κ1) is 15.4. The average Bonchev–Trinajstić information content (AvgIpc) is 2.88. The second-order valence-corrected chi connectivity index (χ2v) is 5.87. The molecule has 0 radical (unpaired) electrons. The van der Waals surface area contributed by atoms with Gasteiger partial charge < -0.3 is 14.9 Å². The number of methoxy groups -OCH3 is 1. The third kappa shape index (κ3) is 3.54. The van der Waals surface area contributed by atoms with Crippen LogP contribution in [0.15, 0.2) is 29.4 Å². The summed E-state index contributed by atoms with van der Waals surface area (Å²) in [5.41, 5.74) is 0.792. The van der Waals surface area contributed by atoms with Crippen molar-refractivity contribution in [1.82, 2.24) is 5.32 Å². The molecule has 0 unspecified atom stereocenters. The highest BCUT2D eigenvalue weighted by molar-refractivity contribution is 6.05. The third-order valence-corrected chi connectivity index (χ3v) is 3.44. The van der Waals surface area contributed by atoms with Crippen LogP contribution in [0, 0.1) is 5.92 Å². The van der Waals surface area contributed by atoms with Crippen LogP contribution in [0.1, 0.15) is 32.8 Å². The van der Waals surface area contributed by atoms with Crippen LogP contribution in [0.2, 0.25) is 0 Å². The first-order valence-electron chi connectivity index (χ1n) is 7.12. The molecule has 0 fully saturated rings. The summed E-state index contributed by atoms with van der Waals surface area (Å²) in [7, 11) is 1.63. The number of nitrogens with one attached hydrogen (secondary N) is 1. The van der Waals surface area contributed by atoms with Crippen LogP contribution in [0.4, 0.5) is 0 Å². The summed E-state index contributed by atoms with van der Waals surface area (Å²) in [6.07, 6.45) is 0.462. The summed E-state index contributed by atoms with van der Waals surface area (Å²) in [4.78, 5) is 17.6. The Morgan fingerprint density at radius 3 is 2.67 bits per heavy atom. The minimum atomic E-state index is -0.926. The van der Waals surface area contributed by atoms with Crippen molar-refractivity contribution in [3.8, 4) is 5.75 Å². The molecule has 21 heavy (non-hydrogen) atoms. The zero-order valence-corrected chi connectivity index (χ0v) is 13.0. The monoisotopic (exact) mass is 290 g/mol. The summed E-state index contributed by atoms with van der Waals surface area (Å²) in [6, 6.07) is 7.57. The summed E-state index contributed by atoms with van der Waals surface area (Å²) >= 11 is 0. The summed E-state index contributed by atoms with van der Waals surface area (Å²) in [6.45, 7) is 6.51. The molecule has 1 heterocycles. The fourth-order valence-corrected chi connectivity index (χ4v) is 2.08. The topological polar surface area (TPSA) is 59.9 Å². The maximum absolute atomic E-state index is 12.2. The third-order valence-electron chi connectivity index (χ3n) is 3.44. The molecule has 0 saturated carbocycles. The average molecular weight is 290 g/mol. The number of rotatable bonds is 5. The number of benzene rings is 1. The Morgan fingerprint density at radius 1 is 1.43 bits per heavy atom. The van der Waals surface area contributed by atoms with E-state index in [0.717, 1.165) is 17.0 Å². The van der Waals surface area contributed by atoms with Crippen molar-refractivity contribution in [2.75, 3.05) is 13.7 Å². The van der Waals surface area contributed by atoms with Crippen LogP contribution < -0.4 is 10.1 Å². The molecule has 114 valence electrons. The van der Waals surface area contributed by atoms with E-state index >= 15 is 0 Å². The first-order chi connectivity index (χ1) is 9.94. The van der Waals surface area contributed by atoms with Crippen LogP contribution >= 0.6 is 0 Å². The minimum Gasteiger partial charge on any atom is -0.497 e. The highest BCUT2D eigenvalue weighted by atomic mass is 16.7. The zero-order chi connectivity index (χ0) is 15.5. The highest BCUT2D eigenvalue weighted by Crippen LogP contribution is 2.27. The molecule has 1 atom stereocenters. The number of carbonyl (C=O) groups excluding carboxylic acids is 1. The molecule has 0 aliphatic carbocycles. The Morgan fingerprint density at radius 2 is 2.10 bits per heavy atom. The molecule has 1 aliphatic rings. The molecular weight excluding hydrogens is 268 g/mol. The molecule has 0 spiro atoms. The van der Waals surface area contributed by atoms with Gasteiger partial charge in [-0.3, -0.25) is 4.79 Å². The van der Waals surface area contributed by atoms with Crippen LogP contribution in [-0.2, 0) is 9.63 Å². The van der Waals surface area contributed by atoms with E-state index in [2.05, 4.69) is 24.3 Å². The maximum Gasteiger partial charge on any atom is 0.267 e. The zero-order valence-electron chi connectivity index (χ0n) is 13.0. The molecule has 5 heteroatoms. The Labute approximate surface area is 125 Å². The van der Waals surface area contributed by atoms with Crippen molar-refractivity contribution in [3.63, 3.8) is 0 Å². The van der Waals surface area contributed by atoms with E-state index in [-0.39, 0.29) is 5.91 Å². The van der Waals surface area contributed by atoms with Gasteiger partial charge in [-0.1, -0.05) is 19.0 Å². The molecule has 1 aromatic rings. The molecular formula is C16H22N2O3. The standard InChI is InChI=1S/C16H22N2O3/c1-11(2)10-17-15(19)16(3)9-14(18-21-16)12-5-7-13(20-4)8-6-12/h5-8,11H,9-10H2,1-4H3,(H,17,19)/t16-/m1/s1. The number of hydrogen-bond acceptors (Lipinski definition) is 4. The van der Waals surface area contributed by atoms with Crippen molar-refractivity contribution < 1.29 is 14.4 Å². The number of hydrogen-bond donors (Lipinski definition) is 1. The van der Waals surface area contributed by atoms with Crippen molar-refractivity contribution >= 4 is 11.6 Å². The van der Waals surface area contributed by atoms with Gasteiger partial charge in [-0.25, -0.2) is 0 Å². The number of carbonyl (C=O) groups is 1. The largest absolute Gasteiger partial charge is 0.497 e. The van der Waals surface area contributed by atoms with Crippen molar-refractivity contribution in [2.24, 2.45) is 11.1 Å². The van der Waals surface area contributed by atoms with Gasteiger partial charge in [0, 0.05) is 13.0 Å². The second kappa shape index (κ2) is 6.16. The van der Waals surface area contributed by atoms with Gasteiger partial charge in [0.15, 0.2) is 0 Å². The van der Waals surface area contributed by atoms with Gasteiger partial charge in [0.2, 0.25) is 5.60 Å². The van der Waals surface area contributed by atoms with Gasteiger partial charge in [-0.2, -0.15) is 0 Å². The lowest BCUT2D eigenvalue weighted by molar-refractivity contribution is -0.141. The molecule has 0 aromatic heterocycles. The van der Waals surface area contributed by atoms with Gasteiger partial charge in [0.1, 0.15) is 5.75 Å². The summed E-state index contributed by atoms with van der Waals surface area (Å²) in [5.74, 6) is 1.07. The van der Waals surface area contributed by atoms with E-state index in [1.165, 1.54) is 0 Å². The van der Waals surface area contributed by atoms with Crippen molar-refractivity contribution in [3.05, 3.63) is 29.8 Å². The van der Waals surface area contributed by atoms with Crippen LogP contribution in [0.5, 0.6) is 5.75 Å². The Bertz CT molecular complexity index is 537. The smallest absolute Gasteiger partial charge is 0.267 e. The molecule has 5 nitrogen and oxygen atoms in total. The predicted molar refractivity (Wildman–Crippen MR) is 81.5 cm³/mol. The number of ether oxygens (including phenoxy) is 1. The first-order valence-corrected chi connectivity index (χ1v) is 7.12. The lowest BCUT2D eigenvalue weighted by atomic mass is 9.95. The minimum absolute atomic E-state index is 0.122. The Hall–Kier alpha value is -2.04. The van der Waals surface area contributed by atoms with Gasteiger partial charge in [0.25, 0.3) is 5.91 Å². The van der Waals surface area contributed by atoms with Crippen molar-refractivity contribution in [1.29, 1.82) is 0 Å². The molecule has 0 bridgehead atoms. The van der Waals surface area contributed by atoms with Gasteiger partial charge in [0.05, 0.1) is 12.8 Å². The van der Waals surface area contributed by atoms with Gasteiger partial charge >= 0.3 is 0 Å². The van der Waals surface area contributed by atoms with E-state index in [4.69, 9.17) is 9.57 Å². The van der Waals surface area contributed by atoms with E-state index in [1.54, 1.807) is 14.0 Å². The molecule has 0 saturated heterocycles. The number of nitrogens with zero attached hydrogens (tertiary/aromatic N) is 1. The van der Waals surface area contributed by atoms with E-state index in [9.17, 15) is 4.79 Å². The number of oxime groups is 1. The molecule has 1 amide bonds. The number of amides is 1. The maximum atomic E-state index is 12.2. The van der Waals surface area contributed by atoms with E-state index in [0.29, 0.717) is 18.9 Å². The van der Waals surface area contributed by atoms with Crippen LogP contribution in [0.25, 0.3) is 0 Å². The Kier molecular flexibility index (Phi) is 4.50. The second-order valence-electron chi connectivity index (χ2n) is 5.87. The quantitative estimate of drug-likeness (QED) is 0.905.